The third kappa shape index (κ3) is 3.69. The van der Waals surface area contributed by atoms with E-state index in [4.69, 9.17) is 11.6 Å². The van der Waals surface area contributed by atoms with Crippen LogP contribution in [0.2, 0.25) is 5.02 Å². The predicted octanol–water partition coefficient (Wildman–Crippen LogP) is 6.57. The molecule has 4 rings (SSSR count). The van der Waals surface area contributed by atoms with Gasteiger partial charge in [0.15, 0.2) is 5.78 Å². The molecule has 0 N–H and O–H groups in total. The lowest BCUT2D eigenvalue weighted by Crippen LogP contribution is -2.43. The van der Waals surface area contributed by atoms with Gasteiger partial charge in [-0.25, -0.2) is 0 Å². The van der Waals surface area contributed by atoms with Crippen LogP contribution in [0.3, 0.4) is 0 Å². The van der Waals surface area contributed by atoms with E-state index in [0.29, 0.717) is 17.9 Å². The summed E-state index contributed by atoms with van der Waals surface area (Å²) in [7, 11) is 0. The summed E-state index contributed by atoms with van der Waals surface area (Å²) in [4.78, 5) is 28.4. The van der Waals surface area contributed by atoms with Gasteiger partial charge in [-0.15, -0.1) is 0 Å². The first kappa shape index (κ1) is 20.4. The van der Waals surface area contributed by atoms with Crippen molar-refractivity contribution >= 4 is 44.9 Å². The summed E-state index contributed by atoms with van der Waals surface area (Å²) in [5, 5.41) is 0.617. The lowest BCUT2D eigenvalue weighted by Gasteiger charge is -2.43. The molecule has 2 aromatic rings. The molecule has 150 valence electrons. The summed E-state index contributed by atoms with van der Waals surface area (Å²) in [5.74, 6) is -0.100. The van der Waals surface area contributed by atoms with Crippen molar-refractivity contribution in [1.82, 2.24) is 0 Å². The second-order valence-electron chi connectivity index (χ2n) is 8.74. The number of allylic oxidation sites excluding steroid dienone is 2. The number of benzene rings is 2. The number of carbonyl (C=O) groups is 2. The van der Waals surface area contributed by atoms with Crippen LogP contribution >= 0.6 is 27.5 Å². The zero-order valence-electron chi connectivity index (χ0n) is 16.8. The van der Waals surface area contributed by atoms with Crippen molar-refractivity contribution in [3.8, 4) is 0 Å². The fourth-order valence-electron chi connectivity index (χ4n) is 4.46. The molecule has 0 bridgehead atoms. The molecule has 1 unspecified atom stereocenters. The molecule has 0 radical (unpaired) electrons. The SMILES string of the molecule is Cc1ccc(N2C(=O)CC(c3ccccc3Br)C3=C2CC(C)(C)CC3=O)cc1Cl. The maximum absolute atomic E-state index is 13.4. The van der Waals surface area contributed by atoms with Gasteiger partial charge < -0.3 is 0 Å². The van der Waals surface area contributed by atoms with E-state index in [-0.39, 0.29) is 29.4 Å². The van der Waals surface area contributed by atoms with Crippen molar-refractivity contribution in [2.45, 2.75) is 46.0 Å². The fraction of sp³-hybridized carbons (Fsp3) is 0.333. The monoisotopic (exact) mass is 471 g/mol. The van der Waals surface area contributed by atoms with Crippen LogP contribution in [0.1, 0.15) is 50.2 Å². The van der Waals surface area contributed by atoms with E-state index in [1.807, 2.05) is 49.4 Å². The molecule has 29 heavy (non-hydrogen) atoms. The lowest BCUT2D eigenvalue weighted by molar-refractivity contribution is -0.121. The molecule has 3 nitrogen and oxygen atoms in total. The van der Waals surface area contributed by atoms with Crippen molar-refractivity contribution in [3.63, 3.8) is 0 Å². The van der Waals surface area contributed by atoms with Crippen LogP contribution in [-0.4, -0.2) is 11.7 Å². The van der Waals surface area contributed by atoms with E-state index < -0.39 is 0 Å². The topological polar surface area (TPSA) is 37.4 Å². The number of carbonyl (C=O) groups excluding carboxylic acids is 2. The fourth-order valence-corrected chi connectivity index (χ4v) is 5.20. The van der Waals surface area contributed by atoms with E-state index in [9.17, 15) is 9.59 Å². The highest BCUT2D eigenvalue weighted by Gasteiger charge is 2.44. The normalized spacial score (nSPS) is 21.4. The van der Waals surface area contributed by atoms with E-state index in [1.165, 1.54) is 0 Å². The Morgan fingerprint density at radius 2 is 1.83 bits per heavy atom. The molecule has 1 amide bonds. The minimum absolute atomic E-state index is 0.00470. The number of hydrogen-bond acceptors (Lipinski definition) is 2. The van der Waals surface area contributed by atoms with Crippen molar-refractivity contribution in [2.75, 3.05) is 4.90 Å². The van der Waals surface area contributed by atoms with Crippen molar-refractivity contribution in [1.29, 1.82) is 0 Å². The molecular weight excluding hydrogens is 450 g/mol. The molecular formula is C24H23BrClNO2. The number of halogens is 2. The number of aryl methyl sites for hydroxylation is 1. The summed E-state index contributed by atoms with van der Waals surface area (Å²) in [5.41, 5.74) is 4.08. The summed E-state index contributed by atoms with van der Waals surface area (Å²) in [6, 6.07) is 13.5. The highest BCUT2D eigenvalue weighted by molar-refractivity contribution is 9.10. The Labute approximate surface area is 184 Å². The molecule has 0 saturated carbocycles. The Kier molecular flexibility index (Phi) is 5.20. The summed E-state index contributed by atoms with van der Waals surface area (Å²) in [6.07, 6.45) is 1.43. The second kappa shape index (κ2) is 7.41. The number of hydrogen-bond donors (Lipinski definition) is 0. The number of rotatable bonds is 2. The van der Waals surface area contributed by atoms with Crippen LogP contribution in [0.4, 0.5) is 5.69 Å². The van der Waals surface area contributed by atoms with Gasteiger partial charge in [0.2, 0.25) is 5.91 Å². The Hall–Kier alpha value is -1.91. The molecule has 2 aliphatic rings. The Balaban J connectivity index is 1.92. The summed E-state index contributed by atoms with van der Waals surface area (Å²) < 4.78 is 0.925. The smallest absolute Gasteiger partial charge is 0.232 e. The lowest BCUT2D eigenvalue weighted by atomic mass is 9.69. The second-order valence-corrected chi connectivity index (χ2v) is 10.0. The van der Waals surface area contributed by atoms with Crippen LogP contribution in [0.5, 0.6) is 0 Å². The first-order valence-corrected chi connectivity index (χ1v) is 10.9. The standard InChI is InChI=1S/C24H23BrClNO2/c1-14-8-9-15(10-19(14)26)27-20-12-24(2,3)13-21(28)23(20)17(11-22(27)29)16-6-4-5-7-18(16)25/h4-10,17H,11-13H2,1-3H3. The first-order chi connectivity index (χ1) is 13.7. The number of ketones is 1. The molecule has 0 saturated heterocycles. The zero-order valence-corrected chi connectivity index (χ0v) is 19.1. The zero-order chi connectivity index (χ0) is 20.9. The third-order valence-corrected chi connectivity index (χ3v) is 6.97. The van der Waals surface area contributed by atoms with Gasteiger partial charge in [0.05, 0.1) is 5.69 Å². The van der Waals surface area contributed by atoms with Crippen LogP contribution in [0.25, 0.3) is 0 Å². The minimum Gasteiger partial charge on any atom is -0.294 e. The van der Waals surface area contributed by atoms with E-state index in [0.717, 1.165) is 32.6 Å². The maximum atomic E-state index is 13.4. The minimum atomic E-state index is -0.228. The van der Waals surface area contributed by atoms with Crippen molar-refractivity contribution < 1.29 is 9.59 Å². The molecule has 1 atom stereocenters. The molecule has 1 heterocycles. The van der Waals surface area contributed by atoms with Gasteiger partial charge in [0, 0.05) is 39.5 Å². The molecule has 1 aliphatic carbocycles. The summed E-state index contributed by atoms with van der Waals surface area (Å²) >= 11 is 9.97. The highest BCUT2D eigenvalue weighted by Crippen LogP contribution is 2.49. The van der Waals surface area contributed by atoms with Crippen LogP contribution in [-0.2, 0) is 9.59 Å². The van der Waals surface area contributed by atoms with E-state index in [1.54, 1.807) is 4.90 Å². The number of Topliss-reactive ketones (excluding diaryl/α,β-unsaturated/α-hetero) is 1. The van der Waals surface area contributed by atoms with E-state index >= 15 is 0 Å². The average Bonchev–Trinajstić information content (AvgIpc) is 2.63. The molecule has 0 fully saturated rings. The quantitative estimate of drug-likeness (QED) is 0.495. The average molecular weight is 473 g/mol. The molecule has 2 aromatic carbocycles. The molecule has 0 spiro atoms. The van der Waals surface area contributed by atoms with Crippen molar-refractivity contribution in [3.05, 3.63) is 74.4 Å². The van der Waals surface area contributed by atoms with Crippen molar-refractivity contribution in [2.24, 2.45) is 5.41 Å². The van der Waals surface area contributed by atoms with Gasteiger partial charge in [-0.1, -0.05) is 65.6 Å². The van der Waals surface area contributed by atoms with Gasteiger partial charge in [0.25, 0.3) is 0 Å². The van der Waals surface area contributed by atoms with Gasteiger partial charge >= 0.3 is 0 Å². The Morgan fingerprint density at radius 1 is 1.10 bits per heavy atom. The largest absolute Gasteiger partial charge is 0.294 e. The number of nitrogens with zero attached hydrogens (tertiary/aromatic N) is 1. The summed E-state index contributed by atoms with van der Waals surface area (Å²) in [6.45, 7) is 6.11. The number of amides is 1. The predicted molar refractivity (Wildman–Crippen MR) is 120 cm³/mol. The molecule has 5 heteroatoms. The molecule has 1 aliphatic heterocycles. The van der Waals surface area contributed by atoms with Crippen LogP contribution < -0.4 is 4.90 Å². The van der Waals surface area contributed by atoms with E-state index in [2.05, 4.69) is 29.8 Å². The Bertz CT molecular complexity index is 1060. The maximum Gasteiger partial charge on any atom is 0.232 e. The molecule has 0 aromatic heterocycles. The van der Waals surface area contributed by atoms with Crippen LogP contribution in [0.15, 0.2) is 58.2 Å². The van der Waals surface area contributed by atoms with Crippen LogP contribution in [0, 0.1) is 12.3 Å². The van der Waals surface area contributed by atoms with Gasteiger partial charge in [-0.05, 0) is 48.1 Å². The van der Waals surface area contributed by atoms with Gasteiger partial charge in [-0.2, -0.15) is 0 Å². The third-order valence-electron chi connectivity index (χ3n) is 5.84. The highest BCUT2D eigenvalue weighted by atomic mass is 79.9. The van der Waals surface area contributed by atoms with Gasteiger partial charge in [-0.3, -0.25) is 14.5 Å². The van der Waals surface area contributed by atoms with Gasteiger partial charge in [0.1, 0.15) is 0 Å². The Morgan fingerprint density at radius 3 is 2.52 bits per heavy atom. The first-order valence-electron chi connectivity index (χ1n) is 9.78. The number of anilines is 1.